The maximum absolute atomic E-state index is 6.95. The SMILES string of the molecule is CC(N)(/C=C\c1ccccc1P(c1ccccc1)c1ccccc1)/C=C\c1ccccc1P(c1ccccc1)c1ccccc1. The van der Waals surface area contributed by atoms with Gasteiger partial charge in [0.2, 0.25) is 0 Å². The van der Waals surface area contributed by atoms with Gasteiger partial charge in [-0.15, -0.1) is 0 Å². The molecule has 3 heteroatoms. The van der Waals surface area contributed by atoms with Gasteiger partial charge in [-0.2, -0.15) is 0 Å². The summed E-state index contributed by atoms with van der Waals surface area (Å²) in [6.45, 7) is 2.07. The molecule has 220 valence electrons. The fourth-order valence-corrected chi connectivity index (χ4v) is 10.3. The molecule has 0 aromatic heterocycles. The number of hydrogen-bond acceptors (Lipinski definition) is 1. The zero-order valence-electron chi connectivity index (χ0n) is 25.4. The van der Waals surface area contributed by atoms with Crippen molar-refractivity contribution in [2.24, 2.45) is 5.73 Å². The van der Waals surface area contributed by atoms with Crippen LogP contribution in [0.3, 0.4) is 0 Å². The molecule has 6 rings (SSSR count). The van der Waals surface area contributed by atoms with Crippen molar-refractivity contribution in [2.45, 2.75) is 12.5 Å². The standard InChI is InChI=1S/C42H37NP2/c1-42(43,32-30-34-18-14-16-28-40(34)44(36-20-6-2-7-21-36)37-22-8-3-9-23-37)33-31-35-19-15-17-29-41(35)45(38-24-10-4-11-25-38)39-26-12-5-13-27-39/h2-33H,43H2,1H3/b32-30-,33-31-. The van der Waals surface area contributed by atoms with Crippen molar-refractivity contribution in [2.75, 3.05) is 0 Å². The van der Waals surface area contributed by atoms with Gasteiger partial charge in [0.15, 0.2) is 0 Å². The van der Waals surface area contributed by atoms with E-state index in [1.54, 1.807) is 0 Å². The third-order valence-electron chi connectivity index (χ3n) is 7.66. The molecular formula is C42H37NP2. The summed E-state index contributed by atoms with van der Waals surface area (Å²) in [5.74, 6) is 0. The van der Waals surface area contributed by atoms with Crippen LogP contribution in [0.1, 0.15) is 18.1 Å². The molecule has 0 saturated heterocycles. The lowest BCUT2D eigenvalue weighted by molar-refractivity contribution is 0.742. The Balaban J connectivity index is 1.33. The van der Waals surface area contributed by atoms with E-state index in [0.717, 1.165) is 0 Å². The Hall–Kier alpha value is -4.38. The Morgan fingerprint density at radius 3 is 0.978 bits per heavy atom. The van der Waals surface area contributed by atoms with Crippen LogP contribution >= 0.6 is 15.8 Å². The molecule has 0 amide bonds. The highest BCUT2D eigenvalue weighted by molar-refractivity contribution is 7.80. The highest BCUT2D eigenvalue weighted by Gasteiger charge is 2.20. The van der Waals surface area contributed by atoms with Crippen molar-refractivity contribution in [1.82, 2.24) is 0 Å². The predicted octanol–water partition coefficient (Wildman–Crippen LogP) is 7.65. The zero-order chi connectivity index (χ0) is 30.9. The van der Waals surface area contributed by atoms with Crippen LogP contribution in [0, 0.1) is 0 Å². The van der Waals surface area contributed by atoms with Crippen molar-refractivity contribution < 1.29 is 0 Å². The smallest absolute Gasteiger partial charge is 0.0502 e. The molecular weight excluding hydrogens is 580 g/mol. The molecule has 0 fully saturated rings. The topological polar surface area (TPSA) is 26.0 Å². The molecule has 0 bridgehead atoms. The van der Waals surface area contributed by atoms with Gasteiger partial charge in [-0.1, -0.05) is 194 Å². The molecule has 0 saturated carbocycles. The van der Waals surface area contributed by atoms with Crippen LogP contribution in [-0.2, 0) is 0 Å². The van der Waals surface area contributed by atoms with Crippen LogP contribution in [-0.4, -0.2) is 5.54 Å². The molecule has 45 heavy (non-hydrogen) atoms. The number of hydrogen-bond donors (Lipinski definition) is 1. The number of rotatable bonds is 10. The van der Waals surface area contributed by atoms with E-state index in [1.807, 2.05) is 0 Å². The minimum atomic E-state index is -0.722. The molecule has 0 atom stereocenters. The van der Waals surface area contributed by atoms with Crippen LogP contribution in [0.4, 0.5) is 0 Å². The fourth-order valence-electron chi connectivity index (χ4n) is 5.42. The lowest BCUT2D eigenvalue weighted by Crippen LogP contribution is -2.31. The van der Waals surface area contributed by atoms with E-state index in [1.165, 1.54) is 43.0 Å². The number of benzene rings is 6. The molecule has 1 nitrogen and oxygen atoms in total. The van der Waals surface area contributed by atoms with Gasteiger partial charge in [-0.3, -0.25) is 0 Å². The second-order valence-corrected chi connectivity index (χ2v) is 15.5. The fraction of sp³-hybridized carbons (Fsp3) is 0.0476. The lowest BCUT2D eigenvalue weighted by Gasteiger charge is -2.22. The summed E-state index contributed by atoms with van der Waals surface area (Å²) in [6, 6.07) is 60.8. The second kappa shape index (κ2) is 14.6. The van der Waals surface area contributed by atoms with E-state index >= 15 is 0 Å². The van der Waals surface area contributed by atoms with Crippen molar-refractivity contribution in [3.8, 4) is 0 Å². The van der Waals surface area contributed by atoms with Gasteiger partial charge in [0, 0.05) is 0 Å². The van der Waals surface area contributed by atoms with Gasteiger partial charge in [0.25, 0.3) is 0 Å². The Morgan fingerprint density at radius 2 is 0.667 bits per heavy atom. The summed E-state index contributed by atoms with van der Waals surface area (Å²) in [4.78, 5) is 0. The van der Waals surface area contributed by atoms with Crippen LogP contribution in [0.25, 0.3) is 12.2 Å². The Kier molecular flexibility index (Phi) is 9.94. The quantitative estimate of drug-likeness (QED) is 0.157. The normalized spacial score (nSPS) is 12.0. The molecule has 0 unspecified atom stereocenters. The van der Waals surface area contributed by atoms with E-state index in [9.17, 15) is 0 Å². The molecule has 6 aromatic carbocycles. The van der Waals surface area contributed by atoms with Crippen molar-refractivity contribution in [3.63, 3.8) is 0 Å². The second-order valence-electron chi connectivity index (χ2n) is 11.2. The maximum Gasteiger partial charge on any atom is 0.0502 e. The highest BCUT2D eigenvalue weighted by Crippen LogP contribution is 2.36. The largest absolute Gasteiger partial charge is 0.319 e. The van der Waals surface area contributed by atoms with Crippen LogP contribution in [0.15, 0.2) is 182 Å². The van der Waals surface area contributed by atoms with Gasteiger partial charge in [-0.05, 0) is 65.7 Å². The van der Waals surface area contributed by atoms with Gasteiger partial charge < -0.3 is 5.73 Å². The Morgan fingerprint density at radius 1 is 0.400 bits per heavy atom. The zero-order valence-corrected chi connectivity index (χ0v) is 27.2. The molecule has 0 radical (unpaired) electrons. The summed E-state index contributed by atoms with van der Waals surface area (Å²) in [7, 11) is -1.44. The molecule has 2 N–H and O–H groups in total. The first-order valence-corrected chi connectivity index (χ1v) is 17.9. The summed E-state index contributed by atoms with van der Waals surface area (Å²) in [5.41, 5.74) is 8.68. The van der Waals surface area contributed by atoms with E-state index in [4.69, 9.17) is 5.73 Å². The molecule has 0 aliphatic rings. The minimum Gasteiger partial charge on any atom is -0.319 e. The molecule has 0 spiro atoms. The summed E-state index contributed by atoms with van der Waals surface area (Å²) in [6.07, 6.45) is 8.67. The number of nitrogens with two attached hydrogens (primary N) is 1. The van der Waals surface area contributed by atoms with Gasteiger partial charge in [0.1, 0.15) is 0 Å². The Labute approximate surface area is 270 Å². The van der Waals surface area contributed by atoms with Gasteiger partial charge in [-0.25, -0.2) is 0 Å². The van der Waals surface area contributed by atoms with Crippen LogP contribution < -0.4 is 37.6 Å². The van der Waals surface area contributed by atoms with E-state index in [-0.39, 0.29) is 0 Å². The van der Waals surface area contributed by atoms with Crippen LogP contribution in [0.2, 0.25) is 0 Å². The average molecular weight is 618 g/mol. The van der Waals surface area contributed by atoms with Crippen LogP contribution in [0.5, 0.6) is 0 Å². The monoisotopic (exact) mass is 617 g/mol. The first-order valence-electron chi connectivity index (χ1n) is 15.2. The van der Waals surface area contributed by atoms with E-state index in [0.29, 0.717) is 0 Å². The van der Waals surface area contributed by atoms with E-state index < -0.39 is 21.4 Å². The van der Waals surface area contributed by atoms with Crippen molar-refractivity contribution in [1.29, 1.82) is 0 Å². The average Bonchev–Trinajstić information content (AvgIpc) is 3.10. The molecule has 0 heterocycles. The van der Waals surface area contributed by atoms with Crippen molar-refractivity contribution in [3.05, 3.63) is 193 Å². The third-order valence-corrected chi connectivity index (χ3v) is 12.7. The molecule has 6 aromatic rings. The lowest BCUT2D eigenvalue weighted by atomic mass is 10.00. The van der Waals surface area contributed by atoms with Crippen molar-refractivity contribution >= 4 is 59.8 Å². The minimum absolute atomic E-state index is 0.648. The highest BCUT2D eigenvalue weighted by atomic mass is 31.1. The van der Waals surface area contributed by atoms with Gasteiger partial charge in [0.05, 0.1) is 5.54 Å². The summed E-state index contributed by atoms with van der Waals surface area (Å²) >= 11 is 0. The van der Waals surface area contributed by atoms with E-state index in [2.05, 4.69) is 201 Å². The maximum atomic E-state index is 6.95. The summed E-state index contributed by atoms with van der Waals surface area (Å²) < 4.78 is 0. The first-order chi connectivity index (χ1) is 22.1. The summed E-state index contributed by atoms with van der Waals surface area (Å²) in [5, 5.41) is 7.98. The van der Waals surface area contributed by atoms with Gasteiger partial charge >= 0.3 is 0 Å². The molecule has 0 aliphatic heterocycles. The first kappa shape index (κ1) is 30.6. The predicted molar refractivity (Wildman–Crippen MR) is 201 cm³/mol. The molecule has 0 aliphatic carbocycles. The third kappa shape index (κ3) is 7.65. The Bertz CT molecular complexity index is 1650.